The second-order valence-electron chi connectivity index (χ2n) is 7.82. The van der Waals surface area contributed by atoms with Gasteiger partial charge in [-0.05, 0) is 55.2 Å². The Bertz CT molecular complexity index is 1000. The van der Waals surface area contributed by atoms with Crippen molar-refractivity contribution in [2.45, 2.75) is 37.2 Å². The molecule has 1 fully saturated rings. The van der Waals surface area contributed by atoms with E-state index in [-0.39, 0.29) is 18.2 Å². The molecule has 1 aliphatic rings. The second kappa shape index (κ2) is 9.38. The monoisotopic (exact) mass is 475 g/mol. The zero-order chi connectivity index (χ0) is 22.8. The first-order chi connectivity index (χ1) is 14.5. The number of hydrogen-bond acceptors (Lipinski definition) is 6. The van der Waals surface area contributed by atoms with Gasteiger partial charge in [-0.15, -0.1) is 0 Å². The first kappa shape index (κ1) is 23.9. The van der Waals surface area contributed by atoms with E-state index in [1.165, 1.54) is 0 Å². The molecular weight excluding hydrogens is 452 g/mol. The van der Waals surface area contributed by atoms with E-state index >= 15 is 0 Å². The minimum absolute atomic E-state index is 0.134. The number of nitrogens with zero attached hydrogens (tertiary/aromatic N) is 1. The van der Waals surface area contributed by atoms with Gasteiger partial charge in [0, 0.05) is 24.2 Å². The van der Waals surface area contributed by atoms with Gasteiger partial charge in [-0.25, -0.2) is 8.78 Å². The van der Waals surface area contributed by atoms with Crippen LogP contribution < -0.4 is 0 Å². The molecule has 0 aliphatic carbocycles. The lowest BCUT2D eigenvalue weighted by molar-refractivity contribution is -0.0377. The van der Waals surface area contributed by atoms with Crippen molar-refractivity contribution in [3.63, 3.8) is 0 Å². The summed E-state index contributed by atoms with van der Waals surface area (Å²) in [5.74, 6) is -4.34. The highest BCUT2D eigenvalue weighted by molar-refractivity contribution is 7.85. The van der Waals surface area contributed by atoms with Crippen molar-refractivity contribution in [1.82, 2.24) is 4.90 Å². The lowest BCUT2D eigenvalue weighted by Gasteiger charge is -2.41. The largest absolute Gasteiger partial charge is 0.503 e. The molecule has 3 rings (SSSR count). The van der Waals surface area contributed by atoms with Crippen molar-refractivity contribution >= 4 is 21.7 Å². The van der Waals surface area contributed by atoms with E-state index in [1.807, 2.05) is 11.8 Å². The van der Waals surface area contributed by atoms with Crippen LogP contribution in [0.5, 0.6) is 5.75 Å². The maximum Gasteiger partial charge on any atom is 0.271 e. The summed E-state index contributed by atoms with van der Waals surface area (Å²) in [7, 11) is -4.09. The number of rotatable bonds is 7. The average Bonchev–Trinajstić information content (AvgIpc) is 2.71. The summed E-state index contributed by atoms with van der Waals surface area (Å²) in [6, 6.07) is 8.31. The number of halogens is 3. The van der Waals surface area contributed by atoms with E-state index in [1.54, 1.807) is 24.3 Å². The molecule has 2 aromatic rings. The van der Waals surface area contributed by atoms with E-state index in [2.05, 4.69) is 0 Å². The first-order valence-corrected chi connectivity index (χ1v) is 11.7. The summed E-state index contributed by atoms with van der Waals surface area (Å²) in [5, 5.41) is 20.6. The van der Waals surface area contributed by atoms with Crippen molar-refractivity contribution in [3.05, 3.63) is 64.2 Å². The fraction of sp³-hybridized carbons (Fsp3) is 0.429. The molecule has 2 N–H and O–H groups in total. The van der Waals surface area contributed by atoms with Crippen LogP contribution in [0.2, 0.25) is 5.02 Å². The molecule has 31 heavy (non-hydrogen) atoms. The van der Waals surface area contributed by atoms with Crippen LogP contribution in [0.3, 0.4) is 0 Å². The zero-order valence-electron chi connectivity index (χ0n) is 16.9. The van der Waals surface area contributed by atoms with E-state index < -0.39 is 38.9 Å². The Morgan fingerprint density at radius 2 is 1.71 bits per heavy atom. The Balaban J connectivity index is 1.54. The Morgan fingerprint density at radius 1 is 1.16 bits per heavy atom. The molecule has 1 saturated heterocycles. The van der Waals surface area contributed by atoms with Gasteiger partial charge in [0.25, 0.3) is 10.1 Å². The van der Waals surface area contributed by atoms with Crippen LogP contribution >= 0.6 is 11.6 Å². The standard InChI is InChI=1S/C21H24ClF2NO5S/c1-14(12-30-31(28,29)13-15-10-18(23)20(26)19(24)11-15)25-8-6-21(27,7-9-25)16-2-4-17(22)5-3-16/h2-5,10-11,14,26-27H,6-9,12-13H2,1H3. The predicted molar refractivity (Wildman–Crippen MR) is 112 cm³/mol. The molecule has 1 aliphatic heterocycles. The lowest BCUT2D eigenvalue weighted by Crippen LogP contribution is -2.47. The van der Waals surface area contributed by atoms with Gasteiger partial charge in [0.15, 0.2) is 17.4 Å². The summed E-state index contributed by atoms with van der Waals surface area (Å²) in [4.78, 5) is 2.01. The topological polar surface area (TPSA) is 87.1 Å². The fourth-order valence-corrected chi connectivity index (χ4v) is 4.83. The minimum atomic E-state index is -4.09. The average molecular weight is 476 g/mol. The second-order valence-corrected chi connectivity index (χ2v) is 9.89. The summed E-state index contributed by atoms with van der Waals surface area (Å²) < 4.78 is 56.3. The van der Waals surface area contributed by atoms with Crippen molar-refractivity contribution in [2.75, 3.05) is 19.7 Å². The number of aromatic hydroxyl groups is 1. The highest BCUT2D eigenvalue weighted by Gasteiger charge is 2.35. The zero-order valence-corrected chi connectivity index (χ0v) is 18.5. The molecule has 1 atom stereocenters. The van der Waals surface area contributed by atoms with Crippen molar-refractivity contribution < 1.29 is 31.6 Å². The van der Waals surface area contributed by atoms with E-state index in [0.717, 1.165) is 17.7 Å². The summed E-state index contributed by atoms with van der Waals surface area (Å²) in [6.45, 7) is 2.75. The Morgan fingerprint density at radius 3 is 2.26 bits per heavy atom. The molecule has 10 heteroatoms. The molecule has 0 amide bonds. The molecule has 0 aromatic heterocycles. The quantitative estimate of drug-likeness (QED) is 0.596. The predicted octanol–water partition coefficient (Wildman–Crippen LogP) is 3.54. The van der Waals surface area contributed by atoms with E-state index in [0.29, 0.717) is 31.0 Å². The van der Waals surface area contributed by atoms with Crippen LogP contribution in [0.1, 0.15) is 30.9 Å². The van der Waals surface area contributed by atoms with Crippen LogP contribution in [-0.4, -0.2) is 49.3 Å². The number of phenols is 1. The third kappa shape index (κ3) is 5.93. The number of phenolic OH excluding ortho intramolecular Hbond substituents is 1. The van der Waals surface area contributed by atoms with Gasteiger partial charge in [0.05, 0.1) is 12.2 Å². The fourth-order valence-electron chi connectivity index (χ4n) is 3.64. The van der Waals surface area contributed by atoms with E-state index in [9.17, 15) is 22.3 Å². The SMILES string of the molecule is CC(COS(=O)(=O)Cc1cc(F)c(O)c(F)c1)N1CCC(O)(c2ccc(Cl)cc2)CC1. The Hall–Kier alpha value is -1.78. The van der Waals surface area contributed by atoms with Crippen molar-refractivity contribution in [3.8, 4) is 5.75 Å². The maximum absolute atomic E-state index is 13.4. The van der Waals surface area contributed by atoms with Gasteiger partial charge in [0.2, 0.25) is 0 Å². The molecule has 0 saturated carbocycles. The van der Waals surface area contributed by atoms with Crippen LogP contribution in [0.4, 0.5) is 8.78 Å². The van der Waals surface area contributed by atoms with Crippen LogP contribution in [0, 0.1) is 11.6 Å². The molecule has 1 heterocycles. The molecule has 0 radical (unpaired) electrons. The number of hydrogen-bond donors (Lipinski definition) is 2. The molecule has 170 valence electrons. The first-order valence-electron chi connectivity index (χ1n) is 9.75. The summed E-state index contributed by atoms with van der Waals surface area (Å²) in [5.41, 5.74) is -0.344. The number of aliphatic hydroxyl groups is 1. The van der Waals surface area contributed by atoms with Crippen LogP contribution in [-0.2, 0) is 25.7 Å². The summed E-state index contributed by atoms with van der Waals surface area (Å²) >= 11 is 5.90. The van der Waals surface area contributed by atoms with Gasteiger partial charge in [-0.3, -0.25) is 9.08 Å². The van der Waals surface area contributed by atoms with Crippen LogP contribution in [0.15, 0.2) is 36.4 Å². The smallest absolute Gasteiger partial charge is 0.271 e. The maximum atomic E-state index is 13.4. The molecule has 1 unspecified atom stereocenters. The van der Waals surface area contributed by atoms with Crippen molar-refractivity contribution in [2.24, 2.45) is 0 Å². The highest BCUT2D eigenvalue weighted by atomic mass is 35.5. The third-order valence-corrected chi connectivity index (χ3v) is 6.97. The van der Waals surface area contributed by atoms with Crippen LogP contribution in [0.25, 0.3) is 0 Å². The van der Waals surface area contributed by atoms with Gasteiger partial charge >= 0.3 is 0 Å². The summed E-state index contributed by atoms with van der Waals surface area (Å²) in [6.07, 6.45) is 0.940. The molecule has 2 aromatic carbocycles. The van der Waals surface area contributed by atoms with E-state index in [4.69, 9.17) is 20.9 Å². The Labute approximate surface area is 185 Å². The number of piperidine rings is 1. The highest BCUT2D eigenvalue weighted by Crippen LogP contribution is 2.34. The van der Waals surface area contributed by atoms with Crippen molar-refractivity contribution in [1.29, 1.82) is 0 Å². The molecule has 6 nitrogen and oxygen atoms in total. The van der Waals surface area contributed by atoms with Gasteiger partial charge in [0.1, 0.15) is 5.75 Å². The number of benzene rings is 2. The minimum Gasteiger partial charge on any atom is -0.503 e. The van der Waals surface area contributed by atoms with Gasteiger partial charge in [-0.2, -0.15) is 8.42 Å². The van der Waals surface area contributed by atoms with Gasteiger partial charge in [-0.1, -0.05) is 23.7 Å². The van der Waals surface area contributed by atoms with Gasteiger partial charge < -0.3 is 10.2 Å². The normalized spacial score (nSPS) is 18.1. The molecule has 0 bridgehead atoms. The molecular formula is C21H24ClF2NO5S. The lowest BCUT2D eigenvalue weighted by atomic mass is 9.84. The number of likely N-dealkylation sites (tertiary alicyclic amines) is 1. The third-order valence-electron chi connectivity index (χ3n) is 5.54. The Kier molecular flexibility index (Phi) is 7.22. The molecule has 0 spiro atoms.